The van der Waals surface area contributed by atoms with Crippen LogP contribution in [0.3, 0.4) is 0 Å². The summed E-state index contributed by atoms with van der Waals surface area (Å²) in [6, 6.07) is 0. The Bertz CT molecular complexity index is 921. The van der Waals surface area contributed by atoms with Crippen LogP contribution in [0.4, 0.5) is 0 Å². The molecule has 0 bridgehead atoms. The van der Waals surface area contributed by atoms with Gasteiger partial charge in [-0.05, 0) is 33.1 Å². The minimum absolute atomic E-state index is 0.171. The fourth-order valence-electron chi connectivity index (χ4n) is 3.12. The molecule has 31 heavy (non-hydrogen) atoms. The minimum Gasteiger partial charge on any atom is -0.350 e. The lowest BCUT2D eigenvalue weighted by Crippen LogP contribution is -2.50. The second-order valence-corrected chi connectivity index (χ2v) is 12.1. The number of carbonyl (C=O) groups excluding carboxylic acids is 3. The van der Waals surface area contributed by atoms with Crippen LogP contribution in [0.5, 0.6) is 0 Å². The van der Waals surface area contributed by atoms with Crippen LogP contribution < -0.4 is 16.0 Å². The van der Waals surface area contributed by atoms with Gasteiger partial charge >= 0.3 is 0 Å². The summed E-state index contributed by atoms with van der Waals surface area (Å²) >= 11 is 0. The molecule has 0 radical (unpaired) electrons. The van der Waals surface area contributed by atoms with E-state index in [1.165, 1.54) is 13.8 Å². The van der Waals surface area contributed by atoms with Gasteiger partial charge in [-0.1, -0.05) is 13.5 Å². The zero-order chi connectivity index (χ0) is 24.1. The molecule has 1 aliphatic carbocycles. The van der Waals surface area contributed by atoms with Crippen molar-refractivity contribution in [1.29, 1.82) is 0 Å². The van der Waals surface area contributed by atoms with E-state index in [0.29, 0.717) is 12.8 Å². The predicted molar refractivity (Wildman–Crippen MR) is 114 cm³/mol. The van der Waals surface area contributed by atoms with Gasteiger partial charge in [0, 0.05) is 17.7 Å². The first-order valence-corrected chi connectivity index (χ1v) is 13.0. The van der Waals surface area contributed by atoms with Gasteiger partial charge in [-0.2, -0.15) is 8.42 Å². The maximum absolute atomic E-state index is 12.5. The molecule has 0 aromatic rings. The zero-order valence-corrected chi connectivity index (χ0v) is 19.6. The van der Waals surface area contributed by atoms with Crippen molar-refractivity contribution in [2.75, 3.05) is 18.2 Å². The number of hydrogen-bond acceptors (Lipinski definition) is 7. The fraction of sp³-hybridized carbons (Fsp3) is 0.722. The summed E-state index contributed by atoms with van der Waals surface area (Å²) in [5.74, 6) is -2.91. The van der Waals surface area contributed by atoms with Crippen LogP contribution in [-0.2, 0) is 34.3 Å². The topological polar surface area (TPSA) is 176 Å². The van der Waals surface area contributed by atoms with Crippen LogP contribution in [0.25, 0.3) is 0 Å². The molecule has 11 nitrogen and oxygen atoms in total. The van der Waals surface area contributed by atoms with Crippen LogP contribution in [0.2, 0.25) is 0 Å². The molecule has 1 unspecified atom stereocenters. The third-order valence-electron chi connectivity index (χ3n) is 4.89. The van der Waals surface area contributed by atoms with Crippen molar-refractivity contribution in [1.82, 2.24) is 16.0 Å². The first-order chi connectivity index (χ1) is 14.0. The molecule has 0 aromatic carbocycles. The van der Waals surface area contributed by atoms with E-state index in [1.54, 1.807) is 6.92 Å². The highest BCUT2D eigenvalue weighted by atomic mass is 32.2. The Morgan fingerprint density at radius 2 is 1.74 bits per heavy atom. The fourth-order valence-corrected chi connectivity index (χ4v) is 4.74. The van der Waals surface area contributed by atoms with E-state index in [0.717, 1.165) is 5.41 Å². The number of amides is 3. The van der Waals surface area contributed by atoms with Gasteiger partial charge in [0.05, 0.1) is 29.1 Å². The molecular formula is C18H31N3O8S2. The third kappa shape index (κ3) is 9.78. The maximum atomic E-state index is 12.5. The summed E-state index contributed by atoms with van der Waals surface area (Å²) in [4.78, 5) is 36.6. The van der Waals surface area contributed by atoms with Crippen molar-refractivity contribution in [3.05, 3.63) is 12.0 Å². The van der Waals surface area contributed by atoms with Crippen molar-refractivity contribution in [3.8, 4) is 0 Å². The van der Waals surface area contributed by atoms with Gasteiger partial charge in [0.1, 0.15) is 0 Å². The van der Waals surface area contributed by atoms with Crippen molar-refractivity contribution in [2.24, 2.45) is 11.3 Å². The first-order valence-electron chi connectivity index (χ1n) is 9.68. The van der Waals surface area contributed by atoms with Gasteiger partial charge in [-0.15, -0.1) is 0 Å². The quantitative estimate of drug-likeness (QED) is 0.205. The van der Waals surface area contributed by atoms with E-state index in [9.17, 15) is 31.2 Å². The van der Waals surface area contributed by atoms with Crippen LogP contribution >= 0.6 is 0 Å². The molecule has 0 saturated heterocycles. The van der Waals surface area contributed by atoms with Crippen molar-refractivity contribution < 1.29 is 35.8 Å². The summed E-state index contributed by atoms with van der Waals surface area (Å²) in [5, 5.41) is 8.32. The maximum Gasteiger partial charge on any atom is 0.267 e. The van der Waals surface area contributed by atoms with Gasteiger partial charge in [0.25, 0.3) is 10.1 Å². The van der Waals surface area contributed by atoms with Crippen molar-refractivity contribution in [3.63, 3.8) is 0 Å². The molecule has 1 fully saturated rings. The van der Waals surface area contributed by atoms with Crippen LogP contribution in [-0.4, -0.2) is 62.8 Å². The van der Waals surface area contributed by atoms with Crippen LogP contribution in [0.1, 0.15) is 46.5 Å². The highest BCUT2D eigenvalue weighted by Gasteiger charge is 2.51. The van der Waals surface area contributed by atoms with Crippen molar-refractivity contribution >= 4 is 37.7 Å². The molecule has 0 aromatic heterocycles. The number of sulfone groups is 1. The predicted octanol–water partition coefficient (Wildman–Crippen LogP) is -0.286. The lowest BCUT2D eigenvalue weighted by Gasteiger charge is -2.27. The Hall–Kier alpha value is -1.99. The Morgan fingerprint density at radius 3 is 2.23 bits per heavy atom. The Morgan fingerprint density at radius 1 is 1.16 bits per heavy atom. The molecule has 1 rings (SSSR count). The van der Waals surface area contributed by atoms with E-state index in [4.69, 9.17) is 4.55 Å². The molecule has 0 aliphatic heterocycles. The molecule has 13 heteroatoms. The summed E-state index contributed by atoms with van der Waals surface area (Å²) in [6.45, 7) is 7.54. The number of rotatable bonds is 13. The third-order valence-corrected chi connectivity index (χ3v) is 7.25. The van der Waals surface area contributed by atoms with Gasteiger partial charge in [0.15, 0.2) is 9.84 Å². The molecule has 1 atom stereocenters. The molecule has 178 valence electrons. The summed E-state index contributed by atoms with van der Waals surface area (Å²) in [5.41, 5.74) is -1.93. The Kier molecular flexibility index (Phi) is 8.80. The largest absolute Gasteiger partial charge is 0.350 e. The van der Waals surface area contributed by atoms with Crippen LogP contribution in [0.15, 0.2) is 12.0 Å². The molecule has 3 amide bonds. The molecular weight excluding hydrogens is 450 g/mol. The van der Waals surface area contributed by atoms with E-state index in [2.05, 4.69) is 22.5 Å². The highest BCUT2D eigenvalue weighted by molar-refractivity contribution is 7.94. The molecule has 1 aliphatic rings. The van der Waals surface area contributed by atoms with E-state index in [1.807, 2.05) is 0 Å². The summed E-state index contributed by atoms with van der Waals surface area (Å²) in [6.07, 6.45) is 1.11. The normalized spacial score (nSPS) is 16.6. The second kappa shape index (κ2) is 10.1. The minimum atomic E-state index is -4.27. The van der Waals surface area contributed by atoms with Gasteiger partial charge in [-0.25, -0.2) is 8.42 Å². The van der Waals surface area contributed by atoms with E-state index < -0.39 is 54.4 Å². The van der Waals surface area contributed by atoms with Gasteiger partial charge in [0.2, 0.25) is 17.7 Å². The van der Waals surface area contributed by atoms with E-state index in [-0.39, 0.29) is 31.2 Å². The Balaban J connectivity index is 2.49. The van der Waals surface area contributed by atoms with Crippen molar-refractivity contribution in [2.45, 2.75) is 52.0 Å². The average molecular weight is 482 g/mol. The standard InChI is InChI=1S/C18H31N3O8S2/c1-5-30(25,26)9-6-14(22)19-12-20-16(24)18(7-8-18)10-13(2)15(23)21-17(3,4)11-31(27,28)29/h5,13H,1,6-12H2,2-4H3,(H,19,22)(H,20,24)(H,21,23)(H,27,28,29). The SMILES string of the molecule is C=CS(=O)(=O)CCC(=O)NCNC(=O)C1(CC(C)C(=O)NC(C)(C)CS(=O)(=O)O)CC1. The number of carbonyl (C=O) groups is 3. The summed E-state index contributed by atoms with van der Waals surface area (Å²) < 4.78 is 53.7. The first kappa shape index (κ1) is 27.0. The lowest BCUT2D eigenvalue weighted by atomic mass is 9.91. The smallest absolute Gasteiger partial charge is 0.267 e. The lowest BCUT2D eigenvalue weighted by molar-refractivity contribution is -0.129. The number of nitrogens with one attached hydrogen (secondary N) is 3. The molecule has 0 spiro atoms. The highest BCUT2D eigenvalue weighted by Crippen LogP contribution is 2.50. The summed E-state index contributed by atoms with van der Waals surface area (Å²) in [7, 11) is -7.76. The van der Waals surface area contributed by atoms with Gasteiger partial charge in [-0.3, -0.25) is 18.9 Å². The zero-order valence-electron chi connectivity index (χ0n) is 17.9. The number of hydrogen-bond donors (Lipinski definition) is 4. The van der Waals surface area contributed by atoms with Crippen LogP contribution in [0, 0.1) is 11.3 Å². The monoisotopic (exact) mass is 481 g/mol. The molecule has 0 heterocycles. The average Bonchev–Trinajstić information content (AvgIpc) is 3.38. The van der Waals surface area contributed by atoms with E-state index >= 15 is 0 Å². The Labute approximate surface area is 183 Å². The second-order valence-electron chi connectivity index (χ2n) is 8.55. The molecule has 4 N–H and O–H groups in total. The van der Waals surface area contributed by atoms with Gasteiger partial charge < -0.3 is 16.0 Å². The molecule has 1 saturated carbocycles.